The number of aryl methyl sites for hydroxylation is 2. The van der Waals surface area contributed by atoms with Gasteiger partial charge in [0.15, 0.2) is 0 Å². The minimum atomic E-state index is -3.78. The van der Waals surface area contributed by atoms with Gasteiger partial charge in [-0.15, -0.1) is 0 Å². The minimum Gasteiger partial charge on any atom is -0.465 e. The zero-order valence-electron chi connectivity index (χ0n) is 12.3. The normalized spacial score (nSPS) is 13.1. The molecule has 0 aliphatic rings. The third-order valence-electron chi connectivity index (χ3n) is 3.04. The lowest BCUT2D eigenvalue weighted by Gasteiger charge is -2.25. The summed E-state index contributed by atoms with van der Waals surface area (Å²) in [4.78, 5) is 0.129. The molecule has 0 unspecified atom stereocenters. The number of hydrogen-bond donors (Lipinski definition) is 1. The van der Waals surface area contributed by atoms with Crippen LogP contribution in [0.1, 0.15) is 18.4 Å². The molecule has 0 saturated carbocycles. The molecule has 0 fully saturated rings. The van der Waals surface area contributed by atoms with E-state index in [-0.39, 0.29) is 11.4 Å². The Morgan fingerprint density at radius 3 is 2.33 bits per heavy atom. The summed E-state index contributed by atoms with van der Waals surface area (Å²) in [6.07, 6.45) is -0.784. The Bertz CT molecular complexity index is 705. The summed E-state index contributed by atoms with van der Waals surface area (Å²) >= 11 is 0. The Labute approximate surface area is 124 Å². The summed E-state index contributed by atoms with van der Waals surface area (Å²) in [7, 11) is -3.78. The molecule has 114 valence electrons. The molecule has 2 aromatic rings. The maximum Gasteiger partial charge on any atom is 0.267 e. The summed E-state index contributed by atoms with van der Waals surface area (Å²) < 4.78 is 32.2. The molecular formula is C15H19NO4S. The number of anilines is 1. The number of para-hydroxylation sites is 1. The number of rotatable bonds is 5. The molecule has 0 saturated heterocycles. The summed E-state index contributed by atoms with van der Waals surface area (Å²) in [6.45, 7) is 4.86. The van der Waals surface area contributed by atoms with Crippen LogP contribution in [0.3, 0.4) is 0 Å². The third-order valence-corrected chi connectivity index (χ3v) is 4.94. The number of furan rings is 1. The zero-order chi connectivity index (χ0) is 15.6. The molecule has 0 radical (unpaired) electrons. The summed E-state index contributed by atoms with van der Waals surface area (Å²) in [6, 6.07) is 10.2. The van der Waals surface area contributed by atoms with Crippen molar-refractivity contribution < 1.29 is 17.9 Å². The molecule has 2 rings (SSSR count). The lowest BCUT2D eigenvalue weighted by atomic mass is 10.3. The molecule has 1 heterocycles. The lowest BCUT2D eigenvalue weighted by Crippen LogP contribution is -2.36. The number of benzene rings is 1. The van der Waals surface area contributed by atoms with Gasteiger partial charge in [-0.3, -0.25) is 4.31 Å². The molecule has 5 nitrogen and oxygen atoms in total. The van der Waals surface area contributed by atoms with Crippen molar-refractivity contribution in [2.45, 2.75) is 31.8 Å². The van der Waals surface area contributed by atoms with Crippen molar-refractivity contribution in [1.29, 1.82) is 0 Å². The average molecular weight is 309 g/mol. The first-order valence-electron chi connectivity index (χ1n) is 6.65. The van der Waals surface area contributed by atoms with Crippen LogP contribution in [0.25, 0.3) is 0 Å². The van der Waals surface area contributed by atoms with E-state index in [1.807, 2.05) is 6.07 Å². The molecule has 0 amide bonds. The van der Waals surface area contributed by atoms with E-state index in [1.165, 1.54) is 10.4 Å². The van der Waals surface area contributed by atoms with Crippen LogP contribution >= 0.6 is 0 Å². The largest absolute Gasteiger partial charge is 0.465 e. The van der Waals surface area contributed by atoms with Crippen LogP contribution in [0.2, 0.25) is 0 Å². The fourth-order valence-electron chi connectivity index (χ4n) is 2.16. The van der Waals surface area contributed by atoms with Gasteiger partial charge in [0, 0.05) is 6.07 Å². The Hall–Kier alpha value is -1.79. The van der Waals surface area contributed by atoms with E-state index >= 15 is 0 Å². The van der Waals surface area contributed by atoms with Crippen LogP contribution in [0.5, 0.6) is 0 Å². The fourth-order valence-corrected chi connectivity index (χ4v) is 3.93. The second-order valence-electron chi connectivity index (χ2n) is 5.00. The third kappa shape index (κ3) is 3.28. The van der Waals surface area contributed by atoms with Crippen LogP contribution in [0.4, 0.5) is 5.69 Å². The van der Waals surface area contributed by atoms with Gasteiger partial charge in [0.25, 0.3) is 10.0 Å². The van der Waals surface area contributed by atoms with Crippen LogP contribution in [-0.4, -0.2) is 26.2 Å². The molecular weight excluding hydrogens is 290 g/mol. The van der Waals surface area contributed by atoms with Gasteiger partial charge in [0.1, 0.15) is 16.4 Å². The lowest BCUT2D eigenvalue weighted by molar-refractivity contribution is 0.204. The van der Waals surface area contributed by atoms with Gasteiger partial charge < -0.3 is 9.52 Å². The van der Waals surface area contributed by atoms with Gasteiger partial charge in [-0.05, 0) is 32.9 Å². The second-order valence-corrected chi connectivity index (χ2v) is 6.83. The Morgan fingerprint density at radius 1 is 1.24 bits per heavy atom. The molecule has 0 aliphatic carbocycles. The van der Waals surface area contributed by atoms with Crippen LogP contribution < -0.4 is 4.31 Å². The fraction of sp³-hybridized carbons (Fsp3) is 0.333. The van der Waals surface area contributed by atoms with Crippen molar-refractivity contribution in [2.75, 3.05) is 10.8 Å². The van der Waals surface area contributed by atoms with E-state index in [4.69, 9.17) is 4.42 Å². The van der Waals surface area contributed by atoms with Crippen LogP contribution in [0, 0.1) is 13.8 Å². The summed E-state index contributed by atoms with van der Waals surface area (Å²) in [5.74, 6) is 0.884. The van der Waals surface area contributed by atoms with Gasteiger partial charge in [-0.1, -0.05) is 18.2 Å². The smallest absolute Gasteiger partial charge is 0.267 e. The molecule has 0 spiro atoms. The van der Waals surface area contributed by atoms with Crippen molar-refractivity contribution in [3.05, 3.63) is 47.9 Å². The average Bonchev–Trinajstić information content (AvgIpc) is 2.76. The van der Waals surface area contributed by atoms with Gasteiger partial charge in [-0.25, -0.2) is 8.42 Å². The molecule has 6 heteroatoms. The maximum absolute atomic E-state index is 12.9. The molecule has 0 bridgehead atoms. The zero-order valence-corrected chi connectivity index (χ0v) is 13.1. The van der Waals surface area contributed by atoms with Gasteiger partial charge in [0.05, 0.1) is 18.3 Å². The van der Waals surface area contributed by atoms with E-state index < -0.39 is 16.1 Å². The van der Waals surface area contributed by atoms with Crippen molar-refractivity contribution in [3.8, 4) is 0 Å². The summed E-state index contributed by atoms with van der Waals surface area (Å²) in [5.41, 5.74) is 0.511. The molecule has 1 aromatic heterocycles. The number of hydrogen-bond acceptors (Lipinski definition) is 4. The molecule has 0 aliphatic heterocycles. The predicted molar refractivity (Wildman–Crippen MR) is 80.8 cm³/mol. The van der Waals surface area contributed by atoms with E-state index in [0.29, 0.717) is 17.2 Å². The highest BCUT2D eigenvalue weighted by Crippen LogP contribution is 2.27. The van der Waals surface area contributed by atoms with Crippen LogP contribution in [-0.2, 0) is 10.0 Å². The first-order valence-corrected chi connectivity index (χ1v) is 8.09. The topological polar surface area (TPSA) is 70.8 Å². The van der Waals surface area contributed by atoms with Gasteiger partial charge in [-0.2, -0.15) is 0 Å². The van der Waals surface area contributed by atoms with Gasteiger partial charge in [0.2, 0.25) is 0 Å². The van der Waals surface area contributed by atoms with Crippen molar-refractivity contribution in [2.24, 2.45) is 0 Å². The Kier molecular flexibility index (Phi) is 4.39. The van der Waals surface area contributed by atoms with E-state index in [2.05, 4.69) is 0 Å². The second kappa shape index (κ2) is 5.91. The minimum absolute atomic E-state index is 0.0178. The van der Waals surface area contributed by atoms with E-state index in [1.54, 1.807) is 45.0 Å². The first-order chi connectivity index (χ1) is 9.82. The number of nitrogens with zero attached hydrogens (tertiary/aromatic N) is 1. The SMILES string of the molecule is Cc1cc(S(=O)(=O)N(C[C@H](C)O)c2ccccc2)c(C)o1. The number of sulfonamides is 1. The monoisotopic (exact) mass is 309 g/mol. The highest BCUT2D eigenvalue weighted by atomic mass is 32.2. The number of aliphatic hydroxyl groups excluding tert-OH is 1. The molecule has 1 N–H and O–H groups in total. The molecule has 1 aromatic carbocycles. The number of aliphatic hydroxyl groups is 1. The quantitative estimate of drug-likeness (QED) is 0.921. The predicted octanol–water partition coefficient (Wildman–Crippen LogP) is 2.47. The maximum atomic E-state index is 12.9. The molecule has 21 heavy (non-hydrogen) atoms. The molecule has 1 atom stereocenters. The standard InChI is InChI=1S/C15H19NO4S/c1-11(17)10-16(14-7-5-4-6-8-14)21(18,19)15-9-12(2)20-13(15)3/h4-9,11,17H,10H2,1-3H3/t11-/m0/s1. The highest BCUT2D eigenvalue weighted by Gasteiger charge is 2.29. The highest BCUT2D eigenvalue weighted by molar-refractivity contribution is 7.92. The van der Waals surface area contributed by atoms with Crippen LogP contribution in [0.15, 0.2) is 45.7 Å². The van der Waals surface area contributed by atoms with Crippen molar-refractivity contribution >= 4 is 15.7 Å². The first kappa shape index (κ1) is 15.6. The van der Waals surface area contributed by atoms with Crippen molar-refractivity contribution in [3.63, 3.8) is 0 Å². The van der Waals surface area contributed by atoms with Gasteiger partial charge >= 0.3 is 0 Å². The Morgan fingerprint density at radius 2 is 1.86 bits per heavy atom. The van der Waals surface area contributed by atoms with E-state index in [0.717, 1.165) is 0 Å². The summed E-state index contributed by atoms with van der Waals surface area (Å²) in [5, 5.41) is 9.64. The Balaban J connectivity index is 2.52. The van der Waals surface area contributed by atoms with E-state index in [9.17, 15) is 13.5 Å². The van der Waals surface area contributed by atoms with Crippen molar-refractivity contribution in [1.82, 2.24) is 0 Å².